The molecule has 0 unspecified atom stereocenters. The standard InChI is InChI=1S/C15H24N4O5/c1-3-23-10-14(20)19-6-4-11(5-7-19)15(21)16-8-13-17-12(9-22-2)18-24-13/h11H,3-10H2,1-2H3,(H,16,21). The summed E-state index contributed by atoms with van der Waals surface area (Å²) in [5, 5.41) is 6.53. The maximum absolute atomic E-state index is 12.2. The molecule has 1 aromatic rings. The van der Waals surface area contributed by atoms with E-state index < -0.39 is 0 Å². The van der Waals surface area contributed by atoms with E-state index in [4.69, 9.17) is 14.0 Å². The Hall–Kier alpha value is -2.00. The number of carbonyl (C=O) groups excluding carboxylic acids is 2. The van der Waals surface area contributed by atoms with Crippen LogP contribution in [0.25, 0.3) is 0 Å². The van der Waals surface area contributed by atoms with E-state index in [1.54, 1.807) is 12.0 Å². The van der Waals surface area contributed by atoms with E-state index in [-0.39, 0.29) is 37.5 Å². The summed E-state index contributed by atoms with van der Waals surface area (Å²) < 4.78 is 15.0. The minimum Gasteiger partial charge on any atom is -0.377 e. The molecule has 0 spiro atoms. The molecule has 2 heterocycles. The average Bonchev–Trinajstić information content (AvgIpc) is 3.05. The van der Waals surface area contributed by atoms with Crippen LogP contribution < -0.4 is 5.32 Å². The van der Waals surface area contributed by atoms with Gasteiger partial charge in [-0.3, -0.25) is 9.59 Å². The largest absolute Gasteiger partial charge is 0.377 e. The van der Waals surface area contributed by atoms with Gasteiger partial charge in [-0.1, -0.05) is 5.16 Å². The highest BCUT2D eigenvalue weighted by Gasteiger charge is 2.27. The number of carbonyl (C=O) groups is 2. The Morgan fingerprint density at radius 3 is 2.79 bits per heavy atom. The van der Waals surface area contributed by atoms with Gasteiger partial charge in [0.1, 0.15) is 13.2 Å². The van der Waals surface area contributed by atoms with Crippen LogP contribution in [-0.2, 0) is 32.2 Å². The monoisotopic (exact) mass is 340 g/mol. The molecular weight excluding hydrogens is 316 g/mol. The Morgan fingerprint density at radius 2 is 2.12 bits per heavy atom. The van der Waals surface area contributed by atoms with Crippen LogP contribution >= 0.6 is 0 Å². The number of ether oxygens (including phenoxy) is 2. The third-order valence-corrected chi connectivity index (χ3v) is 3.85. The number of aromatic nitrogens is 2. The lowest BCUT2D eigenvalue weighted by atomic mass is 9.96. The summed E-state index contributed by atoms with van der Waals surface area (Å²) in [7, 11) is 1.54. The Kier molecular flexibility index (Phi) is 7.13. The van der Waals surface area contributed by atoms with Crippen LogP contribution in [0.5, 0.6) is 0 Å². The summed E-state index contributed by atoms with van der Waals surface area (Å²) in [5.74, 6) is 0.607. The average molecular weight is 340 g/mol. The van der Waals surface area contributed by atoms with Gasteiger partial charge in [-0.2, -0.15) is 4.98 Å². The summed E-state index contributed by atoms with van der Waals surface area (Å²) in [6, 6.07) is 0. The number of nitrogens with one attached hydrogen (secondary N) is 1. The number of amides is 2. The highest BCUT2D eigenvalue weighted by Crippen LogP contribution is 2.17. The van der Waals surface area contributed by atoms with E-state index in [1.165, 1.54) is 0 Å². The summed E-state index contributed by atoms with van der Waals surface area (Å²) in [6.07, 6.45) is 1.28. The molecule has 1 aromatic heterocycles. The van der Waals surface area contributed by atoms with Crippen LogP contribution in [0, 0.1) is 5.92 Å². The van der Waals surface area contributed by atoms with E-state index in [0.29, 0.717) is 44.3 Å². The zero-order chi connectivity index (χ0) is 17.4. The Balaban J connectivity index is 1.71. The molecule has 9 nitrogen and oxygen atoms in total. The second kappa shape index (κ2) is 9.33. The molecule has 0 aliphatic carbocycles. The predicted molar refractivity (Wildman–Crippen MR) is 82.7 cm³/mol. The van der Waals surface area contributed by atoms with Crippen molar-refractivity contribution in [2.75, 3.05) is 33.4 Å². The van der Waals surface area contributed by atoms with Crippen molar-refractivity contribution in [3.05, 3.63) is 11.7 Å². The van der Waals surface area contributed by atoms with Gasteiger partial charge >= 0.3 is 0 Å². The van der Waals surface area contributed by atoms with Crippen LogP contribution in [-0.4, -0.2) is 60.3 Å². The fraction of sp³-hybridized carbons (Fsp3) is 0.733. The molecule has 1 fully saturated rings. The second-order valence-corrected chi connectivity index (χ2v) is 5.55. The molecular formula is C15H24N4O5. The third kappa shape index (κ3) is 5.27. The van der Waals surface area contributed by atoms with E-state index in [2.05, 4.69) is 15.5 Å². The van der Waals surface area contributed by atoms with Crippen LogP contribution in [0.3, 0.4) is 0 Å². The number of nitrogens with zero attached hydrogens (tertiary/aromatic N) is 3. The SMILES string of the molecule is CCOCC(=O)N1CCC(C(=O)NCc2nc(COC)no2)CC1. The van der Waals surface area contributed by atoms with Crippen LogP contribution in [0.4, 0.5) is 0 Å². The first kappa shape index (κ1) is 18.3. The first-order chi connectivity index (χ1) is 11.6. The van der Waals surface area contributed by atoms with Gasteiger partial charge in [-0.05, 0) is 19.8 Å². The van der Waals surface area contributed by atoms with E-state index in [1.807, 2.05) is 6.92 Å². The highest BCUT2D eigenvalue weighted by atomic mass is 16.5. The fourth-order valence-corrected chi connectivity index (χ4v) is 2.53. The van der Waals surface area contributed by atoms with Gasteiger partial charge in [0.05, 0.1) is 6.54 Å². The summed E-state index contributed by atoms with van der Waals surface area (Å²) >= 11 is 0. The van der Waals surface area contributed by atoms with Gasteiger partial charge < -0.3 is 24.2 Å². The normalized spacial score (nSPS) is 15.5. The molecule has 1 aliphatic heterocycles. The van der Waals surface area contributed by atoms with Crippen LogP contribution in [0.15, 0.2) is 4.52 Å². The highest BCUT2D eigenvalue weighted by molar-refractivity contribution is 5.80. The minimum absolute atomic E-state index is 0.0211. The third-order valence-electron chi connectivity index (χ3n) is 3.85. The maximum atomic E-state index is 12.2. The van der Waals surface area contributed by atoms with Crippen LogP contribution in [0.1, 0.15) is 31.5 Å². The van der Waals surface area contributed by atoms with Crippen molar-refractivity contribution in [3.8, 4) is 0 Å². The lowest BCUT2D eigenvalue weighted by molar-refractivity contribution is -0.139. The van der Waals surface area contributed by atoms with E-state index >= 15 is 0 Å². The van der Waals surface area contributed by atoms with Gasteiger partial charge in [0.2, 0.25) is 17.7 Å². The molecule has 1 saturated heterocycles. The van der Waals surface area contributed by atoms with Crippen molar-refractivity contribution in [1.29, 1.82) is 0 Å². The zero-order valence-corrected chi connectivity index (χ0v) is 14.1. The molecule has 1 N–H and O–H groups in total. The Bertz CT molecular complexity index is 540. The first-order valence-corrected chi connectivity index (χ1v) is 8.07. The van der Waals surface area contributed by atoms with E-state index in [9.17, 15) is 9.59 Å². The van der Waals surface area contributed by atoms with Crippen molar-refractivity contribution in [3.63, 3.8) is 0 Å². The number of methoxy groups -OCH3 is 1. The molecule has 134 valence electrons. The van der Waals surface area contributed by atoms with Crippen molar-refractivity contribution in [2.45, 2.75) is 32.9 Å². The molecule has 0 radical (unpaired) electrons. The molecule has 0 aromatic carbocycles. The number of piperidine rings is 1. The lowest BCUT2D eigenvalue weighted by Crippen LogP contribution is -2.44. The molecule has 2 amide bonds. The molecule has 24 heavy (non-hydrogen) atoms. The van der Waals surface area contributed by atoms with Gasteiger partial charge in [0.15, 0.2) is 5.82 Å². The van der Waals surface area contributed by atoms with Crippen molar-refractivity contribution in [2.24, 2.45) is 5.92 Å². The number of likely N-dealkylation sites (tertiary alicyclic amines) is 1. The van der Waals surface area contributed by atoms with Crippen molar-refractivity contribution >= 4 is 11.8 Å². The first-order valence-electron chi connectivity index (χ1n) is 8.07. The minimum atomic E-state index is -0.109. The Labute approximate surface area is 140 Å². The molecule has 0 atom stereocenters. The Morgan fingerprint density at radius 1 is 1.38 bits per heavy atom. The van der Waals surface area contributed by atoms with Gasteiger partial charge in [0, 0.05) is 32.7 Å². The molecule has 0 saturated carbocycles. The number of rotatable bonds is 8. The van der Waals surface area contributed by atoms with E-state index in [0.717, 1.165) is 0 Å². The molecule has 9 heteroatoms. The smallest absolute Gasteiger partial charge is 0.248 e. The molecule has 0 bridgehead atoms. The van der Waals surface area contributed by atoms with Crippen molar-refractivity contribution in [1.82, 2.24) is 20.4 Å². The van der Waals surface area contributed by atoms with Gasteiger partial charge in [0.25, 0.3) is 0 Å². The summed E-state index contributed by atoms with van der Waals surface area (Å²) in [5.41, 5.74) is 0. The number of hydrogen-bond acceptors (Lipinski definition) is 7. The van der Waals surface area contributed by atoms with Gasteiger partial charge in [-0.25, -0.2) is 0 Å². The van der Waals surface area contributed by atoms with Crippen LogP contribution in [0.2, 0.25) is 0 Å². The quantitative estimate of drug-likeness (QED) is 0.715. The van der Waals surface area contributed by atoms with Crippen molar-refractivity contribution < 1.29 is 23.6 Å². The lowest BCUT2D eigenvalue weighted by Gasteiger charge is -2.31. The maximum Gasteiger partial charge on any atom is 0.248 e. The molecule has 1 aliphatic rings. The zero-order valence-electron chi connectivity index (χ0n) is 14.1. The fourth-order valence-electron chi connectivity index (χ4n) is 2.53. The summed E-state index contributed by atoms with van der Waals surface area (Å²) in [4.78, 5) is 29.9. The van der Waals surface area contributed by atoms with Gasteiger partial charge in [-0.15, -0.1) is 0 Å². The number of hydrogen-bond donors (Lipinski definition) is 1. The molecule has 2 rings (SSSR count). The second-order valence-electron chi connectivity index (χ2n) is 5.55. The predicted octanol–water partition coefficient (Wildman–Crippen LogP) is 0.107. The topological polar surface area (TPSA) is 107 Å². The summed E-state index contributed by atoms with van der Waals surface area (Å²) in [6.45, 7) is 4.09.